The number of fused-ring (bicyclic) bond motifs is 1. The highest BCUT2D eigenvalue weighted by Gasteiger charge is 2.31. The van der Waals surface area contributed by atoms with Crippen LogP contribution in [-0.2, 0) is 6.18 Å². The summed E-state index contributed by atoms with van der Waals surface area (Å²) in [5.74, 6) is -0.228. The Hall–Kier alpha value is -3.17. The van der Waals surface area contributed by atoms with Gasteiger partial charge in [-0.3, -0.25) is 4.79 Å². The van der Waals surface area contributed by atoms with Crippen molar-refractivity contribution in [1.82, 2.24) is 24.7 Å². The third-order valence-electron chi connectivity index (χ3n) is 4.49. The summed E-state index contributed by atoms with van der Waals surface area (Å²) >= 11 is 0. The number of hydrogen-bond donors (Lipinski definition) is 0. The Morgan fingerprint density at radius 3 is 2.56 bits per heavy atom. The summed E-state index contributed by atoms with van der Waals surface area (Å²) < 4.78 is 40.1. The lowest BCUT2D eigenvalue weighted by molar-refractivity contribution is -0.137. The predicted octanol–water partition coefficient (Wildman–Crippen LogP) is 2.11. The Morgan fingerprint density at radius 2 is 1.81 bits per heavy atom. The molecule has 3 heterocycles. The molecule has 0 bridgehead atoms. The van der Waals surface area contributed by atoms with Gasteiger partial charge in [-0.1, -0.05) is 6.07 Å². The highest BCUT2D eigenvalue weighted by atomic mass is 19.4. The molecule has 1 amide bonds. The number of hydrogen-bond acceptors (Lipinski definition) is 5. The summed E-state index contributed by atoms with van der Waals surface area (Å²) in [6.07, 6.45) is -2.96. The van der Waals surface area contributed by atoms with Crippen molar-refractivity contribution in [1.29, 1.82) is 0 Å². The van der Waals surface area contributed by atoms with Gasteiger partial charge in [-0.25, -0.2) is 0 Å². The van der Waals surface area contributed by atoms with Gasteiger partial charge in [-0.05, 0) is 30.3 Å². The van der Waals surface area contributed by atoms with Gasteiger partial charge < -0.3 is 9.80 Å². The van der Waals surface area contributed by atoms with Gasteiger partial charge in [0.2, 0.25) is 0 Å². The average Bonchev–Trinajstić information content (AvgIpc) is 3.15. The number of carbonyl (C=O) groups excluding carboxylic acids is 1. The molecule has 4 rings (SSSR count). The van der Waals surface area contributed by atoms with Crippen molar-refractivity contribution in [2.75, 3.05) is 31.1 Å². The van der Waals surface area contributed by atoms with E-state index in [9.17, 15) is 18.0 Å². The van der Waals surface area contributed by atoms with Crippen molar-refractivity contribution in [3.05, 3.63) is 54.0 Å². The maximum absolute atomic E-state index is 12.9. The molecule has 1 fully saturated rings. The first-order valence-corrected chi connectivity index (χ1v) is 8.30. The minimum atomic E-state index is -4.37. The van der Waals surface area contributed by atoms with E-state index in [0.29, 0.717) is 37.5 Å². The fraction of sp³-hybridized carbons (Fsp3) is 0.294. The standard InChI is InChI=1S/C17H15F3N6O/c18-17(19,20)12-2-1-3-13(10-12)24-6-8-25(9-7-24)16(27)14-4-5-15-22-21-11-26(15)23-14/h1-5,10-11H,6-9H2. The van der Waals surface area contributed by atoms with Crippen molar-refractivity contribution in [3.63, 3.8) is 0 Å². The largest absolute Gasteiger partial charge is 0.416 e. The van der Waals surface area contributed by atoms with Crippen LogP contribution >= 0.6 is 0 Å². The van der Waals surface area contributed by atoms with E-state index in [0.717, 1.165) is 12.1 Å². The lowest BCUT2D eigenvalue weighted by Gasteiger charge is -2.36. The molecule has 140 valence electrons. The minimum Gasteiger partial charge on any atom is -0.368 e. The summed E-state index contributed by atoms with van der Waals surface area (Å²) in [6, 6.07) is 8.48. The smallest absolute Gasteiger partial charge is 0.368 e. The lowest BCUT2D eigenvalue weighted by atomic mass is 10.1. The molecule has 0 saturated carbocycles. The van der Waals surface area contributed by atoms with Gasteiger partial charge in [-0.15, -0.1) is 10.2 Å². The number of aromatic nitrogens is 4. The Labute approximate surface area is 152 Å². The van der Waals surface area contributed by atoms with Crippen molar-refractivity contribution in [2.24, 2.45) is 0 Å². The number of carbonyl (C=O) groups is 1. The molecule has 1 aromatic carbocycles. The van der Waals surface area contributed by atoms with Gasteiger partial charge in [-0.2, -0.15) is 22.8 Å². The monoisotopic (exact) mass is 376 g/mol. The molecule has 0 unspecified atom stereocenters. The summed E-state index contributed by atoms with van der Waals surface area (Å²) in [5, 5.41) is 11.7. The third kappa shape index (κ3) is 3.42. The number of piperazine rings is 1. The molecule has 0 atom stereocenters. The van der Waals surface area contributed by atoms with Crippen molar-refractivity contribution in [2.45, 2.75) is 6.18 Å². The Bertz CT molecular complexity index is 978. The summed E-state index contributed by atoms with van der Waals surface area (Å²) in [6.45, 7) is 1.69. The summed E-state index contributed by atoms with van der Waals surface area (Å²) in [7, 11) is 0. The average molecular weight is 376 g/mol. The number of anilines is 1. The second kappa shape index (κ2) is 6.53. The molecule has 0 aliphatic carbocycles. The van der Waals surface area contributed by atoms with Gasteiger partial charge in [0.25, 0.3) is 5.91 Å². The maximum atomic E-state index is 12.9. The van der Waals surface area contributed by atoms with Crippen LogP contribution < -0.4 is 4.90 Å². The van der Waals surface area contributed by atoms with Crippen molar-refractivity contribution in [3.8, 4) is 0 Å². The maximum Gasteiger partial charge on any atom is 0.416 e. The van der Waals surface area contributed by atoms with Crippen LogP contribution in [0.2, 0.25) is 0 Å². The molecule has 27 heavy (non-hydrogen) atoms. The number of rotatable bonds is 2. The van der Waals surface area contributed by atoms with Crippen LogP contribution in [0.1, 0.15) is 16.1 Å². The zero-order valence-electron chi connectivity index (χ0n) is 14.1. The van der Waals surface area contributed by atoms with E-state index in [2.05, 4.69) is 15.3 Å². The molecule has 3 aromatic rings. The zero-order chi connectivity index (χ0) is 19.0. The number of amides is 1. The quantitative estimate of drug-likeness (QED) is 0.685. The first-order valence-electron chi connectivity index (χ1n) is 8.30. The number of alkyl halides is 3. The normalized spacial score (nSPS) is 15.4. The van der Waals surface area contributed by atoms with Crippen LogP contribution in [0.5, 0.6) is 0 Å². The second-order valence-electron chi connectivity index (χ2n) is 6.18. The van der Waals surface area contributed by atoms with Gasteiger partial charge in [0.05, 0.1) is 5.56 Å². The molecule has 0 spiro atoms. The van der Waals surface area contributed by atoms with Crippen LogP contribution in [0.15, 0.2) is 42.7 Å². The fourth-order valence-corrected chi connectivity index (χ4v) is 3.05. The van der Waals surface area contributed by atoms with Gasteiger partial charge in [0.15, 0.2) is 5.65 Å². The molecule has 1 aliphatic heterocycles. The van der Waals surface area contributed by atoms with E-state index in [-0.39, 0.29) is 11.6 Å². The van der Waals surface area contributed by atoms with Gasteiger partial charge >= 0.3 is 6.18 Å². The van der Waals surface area contributed by atoms with E-state index in [4.69, 9.17) is 0 Å². The number of nitrogens with zero attached hydrogens (tertiary/aromatic N) is 6. The molecule has 7 nitrogen and oxygen atoms in total. The Balaban J connectivity index is 1.45. The van der Waals surface area contributed by atoms with Gasteiger partial charge in [0, 0.05) is 31.9 Å². The number of halogens is 3. The molecule has 1 saturated heterocycles. The van der Waals surface area contributed by atoms with Crippen LogP contribution in [0, 0.1) is 0 Å². The topological polar surface area (TPSA) is 66.6 Å². The fourth-order valence-electron chi connectivity index (χ4n) is 3.05. The van der Waals surface area contributed by atoms with E-state index in [1.54, 1.807) is 23.1 Å². The second-order valence-corrected chi connectivity index (χ2v) is 6.18. The Morgan fingerprint density at radius 1 is 1.04 bits per heavy atom. The van der Waals surface area contributed by atoms with Gasteiger partial charge in [0.1, 0.15) is 12.0 Å². The SMILES string of the molecule is O=C(c1ccc2nncn2n1)N1CCN(c2cccc(C(F)(F)F)c2)CC1. The minimum absolute atomic E-state index is 0.228. The molecule has 0 radical (unpaired) electrons. The first-order chi connectivity index (χ1) is 12.9. The summed E-state index contributed by atoms with van der Waals surface area (Å²) in [5.41, 5.74) is 0.640. The lowest BCUT2D eigenvalue weighted by Crippen LogP contribution is -2.49. The molecule has 2 aromatic heterocycles. The van der Waals surface area contributed by atoms with E-state index in [1.165, 1.54) is 16.9 Å². The van der Waals surface area contributed by atoms with Crippen molar-refractivity contribution < 1.29 is 18.0 Å². The molecule has 1 aliphatic rings. The Kier molecular flexibility index (Phi) is 4.17. The van der Waals surface area contributed by atoms with Crippen LogP contribution in [0.25, 0.3) is 5.65 Å². The molecular weight excluding hydrogens is 361 g/mol. The summed E-state index contributed by atoms with van der Waals surface area (Å²) in [4.78, 5) is 16.1. The third-order valence-corrected chi connectivity index (χ3v) is 4.49. The van der Waals surface area contributed by atoms with Crippen LogP contribution in [0.3, 0.4) is 0 Å². The van der Waals surface area contributed by atoms with Crippen LogP contribution in [-0.4, -0.2) is 56.8 Å². The molecule has 10 heteroatoms. The van der Waals surface area contributed by atoms with Crippen molar-refractivity contribution >= 4 is 17.2 Å². The predicted molar refractivity (Wildman–Crippen MR) is 90.3 cm³/mol. The van der Waals surface area contributed by atoms with E-state index in [1.807, 2.05) is 4.90 Å². The first kappa shape index (κ1) is 17.3. The molecular formula is C17H15F3N6O. The van der Waals surface area contributed by atoms with E-state index >= 15 is 0 Å². The zero-order valence-corrected chi connectivity index (χ0v) is 14.1. The van der Waals surface area contributed by atoms with E-state index < -0.39 is 11.7 Å². The molecule has 0 N–H and O–H groups in total. The number of benzene rings is 1. The highest BCUT2D eigenvalue weighted by molar-refractivity contribution is 5.92. The highest BCUT2D eigenvalue weighted by Crippen LogP contribution is 2.31. The van der Waals surface area contributed by atoms with Crippen LogP contribution in [0.4, 0.5) is 18.9 Å².